The summed E-state index contributed by atoms with van der Waals surface area (Å²) in [4.78, 5) is 27.0. The van der Waals surface area contributed by atoms with E-state index in [9.17, 15) is 23.3 Å². The van der Waals surface area contributed by atoms with Gasteiger partial charge in [-0.2, -0.15) is 5.10 Å². The molecule has 0 bridgehead atoms. The third-order valence-electron chi connectivity index (χ3n) is 4.35. The number of carbonyl (C=O) groups excluding carboxylic acids is 1. The molecular weight excluding hydrogens is 450 g/mol. The summed E-state index contributed by atoms with van der Waals surface area (Å²) in [5, 5.41) is 14.9. The molecule has 170 valence electrons. The number of aromatic nitrogens is 1. The normalized spacial score (nSPS) is 11.2. The van der Waals surface area contributed by atoms with E-state index in [4.69, 9.17) is 4.74 Å². The summed E-state index contributed by atoms with van der Waals surface area (Å²) in [6.45, 7) is -0.566. The lowest BCUT2D eigenvalue weighted by atomic mass is 10.2. The van der Waals surface area contributed by atoms with Gasteiger partial charge in [0, 0.05) is 17.8 Å². The van der Waals surface area contributed by atoms with Crippen molar-refractivity contribution in [2.75, 3.05) is 18.0 Å². The van der Waals surface area contributed by atoms with E-state index in [2.05, 4.69) is 15.5 Å². The van der Waals surface area contributed by atoms with Gasteiger partial charge in [0.15, 0.2) is 5.75 Å². The van der Waals surface area contributed by atoms with Crippen LogP contribution in [0.2, 0.25) is 0 Å². The molecular formula is C21H19N5O6S. The number of nitro groups is 1. The maximum Gasteiger partial charge on any atom is 0.311 e. The fourth-order valence-electron chi connectivity index (χ4n) is 2.81. The second-order valence-corrected chi connectivity index (χ2v) is 8.38. The number of nitro benzene ring substituents is 1. The molecule has 1 heterocycles. The number of nitrogens with one attached hydrogen (secondary N) is 1. The molecule has 11 nitrogen and oxygen atoms in total. The van der Waals surface area contributed by atoms with Crippen LogP contribution in [0.4, 0.5) is 11.4 Å². The largest absolute Gasteiger partial charge is 0.490 e. The van der Waals surface area contributed by atoms with E-state index in [1.807, 2.05) is 0 Å². The Bertz CT molecular complexity index is 1270. The quantitative estimate of drug-likeness (QED) is 0.288. The first-order valence-electron chi connectivity index (χ1n) is 9.45. The molecule has 2 aromatic carbocycles. The summed E-state index contributed by atoms with van der Waals surface area (Å²) in [7, 11) is -2.74. The highest BCUT2D eigenvalue weighted by Crippen LogP contribution is 2.27. The number of amides is 1. The average Bonchev–Trinajstić information content (AvgIpc) is 2.83. The highest BCUT2D eigenvalue weighted by atomic mass is 32.2. The van der Waals surface area contributed by atoms with Crippen molar-refractivity contribution < 1.29 is 22.9 Å². The first kappa shape index (κ1) is 23.3. The van der Waals surface area contributed by atoms with Crippen molar-refractivity contribution in [2.45, 2.75) is 4.90 Å². The first-order chi connectivity index (χ1) is 15.8. The minimum absolute atomic E-state index is 0.00990. The number of benzene rings is 2. The summed E-state index contributed by atoms with van der Waals surface area (Å²) in [6.07, 6.45) is 4.01. The molecule has 1 N–H and O–H groups in total. The molecule has 3 rings (SSSR count). The third-order valence-corrected chi connectivity index (χ3v) is 6.14. The van der Waals surface area contributed by atoms with Gasteiger partial charge in [0.1, 0.15) is 6.54 Å². The van der Waals surface area contributed by atoms with Crippen LogP contribution < -0.4 is 14.5 Å². The van der Waals surface area contributed by atoms with Gasteiger partial charge in [-0.15, -0.1) is 0 Å². The van der Waals surface area contributed by atoms with Gasteiger partial charge < -0.3 is 4.74 Å². The topological polar surface area (TPSA) is 144 Å². The van der Waals surface area contributed by atoms with Crippen molar-refractivity contribution in [2.24, 2.45) is 5.10 Å². The summed E-state index contributed by atoms with van der Waals surface area (Å²) >= 11 is 0. The van der Waals surface area contributed by atoms with Crippen LogP contribution in [0.3, 0.4) is 0 Å². The molecule has 1 aromatic heterocycles. The fraction of sp³-hybridized carbons (Fsp3) is 0.0952. The SMILES string of the molecule is COc1ccc(/C=N\NC(=O)CN(c2cccnc2)S(=O)(=O)c2ccccc2)cc1[N+](=O)[O-]. The van der Waals surface area contributed by atoms with Gasteiger partial charge in [-0.3, -0.25) is 24.2 Å². The van der Waals surface area contributed by atoms with Crippen LogP contribution in [0.25, 0.3) is 0 Å². The number of pyridine rings is 1. The molecule has 33 heavy (non-hydrogen) atoms. The van der Waals surface area contributed by atoms with Crippen LogP contribution in [0.1, 0.15) is 5.56 Å². The number of hydrogen-bond acceptors (Lipinski definition) is 8. The molecule has 0 spiro atoms. The van der Waals surface area contributed by atoms with Crippen molar-refractivity contribution in [3.63, 3.8) is 0 Å². The molecule has 0 fully saturated rings. The average molecular weight is 469 g/mol. The zero-order valence-electron chi connectivity index (χ0n) is 17.4. The number of nitrogens with zero attached hydrogens (tertiary/aromatic N) is 4. The standard InChI is InChI=1S/C21H19N5O6S/c1-32-20-10-9-16(12-19(20)26(28)29)13-23-24-21(27)15-25(17-6-5-11-22-14-17)33(30,31)18-7-3-2-4-8-18/h2-14H,15H2,1H3,(H,24,27)/b23-13-. The third kappa shape index (κ3) is 5.68. The highest BCUT2D eigenvalue weighted by Gasteiger charge is 2.27. The number of hydrogen-bond donors (Lipinski definition) is 1. The van der Waals surface area contributed by atoms with Gasteiger partial charge in [-0.25, -0.2) is 13.8 Å². The van der Waals surface area contributed by atoms with Crippen molar-refractivity contribution in [1.29, 1.82) is 0 Å². The molecule has 0 aliphatic rings. The Morgan fingerprint density at radius 1 is 1.21 bits per heavy atom. The minimum Gasteiger partial charge on any atom is -0.490 e. The Balaban J connectivity index is 1.78. The summed E-state index contributed by atoms with van der Waals surface area (Å²) in [5.74, 6) is -0.642. The molecule has 0 saturated heterocycles. The van der Waals surface area contributed by atoms with Gasteiger partial charge in [0.25, 0.3) is 15.9 Å². The van der Waals surface area contributed by atoms with Crippen LogP contribution >= 0.6 is 0 Å². The highest BCUT2D eigenvalue weighted by molar-refractivity contribution is 7.92. The number of hydrazone groups is 1. The first-order valence-corrected chi connectivity index (χ1v) is 10.9. The Labute approximate surface area is 189 Å². The van der Waals surface area contributed by atoms with Gasteiger partial charge in [-0.05, 0) is 36.4 Å². The Morgan fingerprint density at radius 2 is 1.97 bits per heavy atom. The maximum absolute atomic E-state index is 13.1. The summed E-state index contributed by atoms with van der Waals surface area (Å²) in [6, 6.07) is 14.9. The lowest BCUT2D eigenvalue weighted by molar-refractivity contribution is -0.385. The molecule has 12 heteroatoms. The molecule has 0 saturated carbocycles. The number of rotatable bonds is 9. The number of sulfonamides is 1. The van der Waals surface area contributed by atoms with Crippen molar-refractivity contribution >= 4 is 33.5 Å². The van der Waals surface area contributed by atoms with Crippen molar-refractivity contribution in [3.05, 3.63) is 88.7 Å². The predicted octanol–water partition coefficient (Wildman–Crippen LogP) is 2.34. The lowest BCUT2D eigenvalue weighted by Crippen LogP contribution is -2.39. The van der Waals surface area contributed by atoms with Gasteiger partial charge in [0.05, 0.1) is 35.0 Å². The Hall–Kier alpha value is -4.32. The number of ether oxygens (including phenoxy) is 1. The predicted molar refractivity (Wildman–Crippen MR) is 121 cm³/mol. The van der Waals surface area contributed by atoms with Crippen molar-refractivity contribution in [1.82, 2.24) is 10.4 Å². The summed E-state index contributed by atoms with van der Waals surface area (Å²) in [5.41, 5.74) is 2.51. The van der Waals surface area contributed by atoms with Crippen LogP contribution in [-0.4, -0.2) is 44.1 Å². The summed E-state index contributed by atoms with van der Waals surface area (Å²) < 4.78 is 32.1. The van der Waals surface area contributed by atoms with E-state index in [1.165, 1.54) is 62.1 Å². The van der Waals surface area contributed by atoms with Crippen LogP contribution in [0, 0.1) is 10.1 Å². The number of anilines is 1. The van der Waals surface area contributed by atoms with E-state index in [0.29, 0.717) is 5.56 Å². The number of carbonyl (C=O) groups is 1. The van der Waals surface area contributed by atoms with E-state index < -0.39 is 27.4 Å². The van der Waals surface area contributed by atoms with Gasteiger partial charge in [-0.1, -0.05) is 18.2 Å². The van der Waals surface area contributed by atoms with Gasteiger partial charge in [0.2, 0.25) is 0 Å². The Kier molecular flexibility index (Phi) is 7.31. The van der Waals surface area contributed by atoms with Crippen molar-refractivity contribution in [3.8, 4) is 5.75 Å². The number of methoxy groups -OCH3 is 1. The van der Waals surface area contributed by atoms with Crippen LogP contribution in [0.5, 0.6) is 5.75 Å². The van der Waals surface area contributed by atoms with E-state index in [-0.39, 0.29) is 22.0 Å². The molecule has 3 aromatic rings. The minimum atomic E-state index is -4.06. The van der Waals surface area contributed by atoms with E-state index >= 15 is 0 Å². The van der Waals surface area contributed by atoms with Crippen LogP contribution in [0.15, 0.2) is 83.1 Å². The van der Waals surface area contributed by atoms with Crippen LogP contribution in [-0.2, 0) is 14.8 Å². The second-order valence-electron chi connectivity index (χ2n) is 6.52. The van der Waals surface area contributed by atoms with Gasteiger partial charge >= 0.3 is 5.69 Å². The Morgan fingerprint density at radius 3 is 2.61 bits per heavy atom. The monoisotopic (exact) mass is 469 g/mol. The fourth-order valence-corrected chi connectivity index (χ4v) is 4.24. The smallest absolute Gasteiger partial charge is 0.311 e. The van der Waals surface area contributed by atoms with E-state index in [1.54, 1.807) is 24.3 Å². The molecule has 0 aliphatic heterocycles. The second kappa shape index (κ2) is 10.3. The lowest BCUT2D eigenvalue weighted by Gasteiger charge is -2.23. The molecule has 0 atom stereocenters. The van der Waals surface area contributed by atoms with E-state index in [0.717, 1.165) is 4.31 Å². The zero-order chi connectivity index (χ0) is 23.8. The maximum atomic E-state index is 13.1. The molecule has 0 radical (unpaired) electrons. The molecule has 1 amide bonds. The molecule has 0 aliphatic carbocycles. The zero-order valence-corrected chi connectivity index (χ0v) is 18.2. The molecule has 0 unspecified atom stereocenters.